The highest BCUT2D eigenvalue weighted by molar-refractivity contribution is 4.92. The van der Waals surface area contributed by atoms with Crippen LogP contribution in [0.3, 0.4) is 0 Å². The van der Waals surface area contributed by atoms with E-state index in [-0.39, 0.29) is 5.60 Å². The standard InChI is InChI=1S/C11H22N2O/c1-2-13-6-4-11(5-7-13)9-10(12)3-8-14-11/h10H,2-9,12H2,1H3/t10-/m0/s1. The fourth-order valence-corrected chi connectivity index (χ4v) is 2.69. The number of hydrogen-bond acceptors (Lipinski definition) is 3. The first kappa shape index (κ1) is 10.4. The van der Waals surface area contributed by atoms with Crippen LogP contribution in [-0.2, 0) is 4.74 Å². The zero-order valence-corrected chi connectivity index (χ0v) is 9.17. The molecule has 14 heavy (non-hydrogen) atoms. The van der Waals surface area contributed by atoms with E-state index in [9.17, 15) is 0 Å². The van der Waals surface area contributed by atoms with Crippen LogP contribution in [-0.4, -0.2) is 42.8 Å². The molecule has 3 heteroatoms. The van der Waals surface area contributed by atoms with Crippen molar-refractivity contribution in [1.29, 1.82) is 0 Å². The minimum absolute atomic E-state index is 0.142. The summed E-state index contributed by atoms with van der Waals surface area (Å²) < 4.78 is 5.96. The van der Waals surface area contributed by atoms with Gasteiger partial charge in [-0.1, -0.05) is 6.92 Å². The molecule has 2 N–H and O–H groups in total. The van der Waals surface area contributed by atoms with E-state index < -0.39 is 0 Å². The van der Waals surface area contributed by atoms with Gasteiger partial charge in [0.05, 0.1) is 5.60 Å². The first-order valence-electron chi connectivity index (χ1n) is 5.86. The zero-order valence-electron chi connectivity index (χ0n) is 9.17. The number of ether oxygens (including phenoxy) is 1. The highest BCUT2D eigenvalue weighted by Crippen LogP contribution is 2.34. The molecule has 0 aromatic heterocycles. The second kappa shape index (κ2) is 4.17. The quantitative estimate of drug-likeness (QED) is 0.682. The summed E-state index contributed by atoms with van der Waals surface area (Å²) in [5, 5.41) is 0. The van der Waals surface area contributed by atoms with Crippen LogP contribution in [0.4, 0.5) is 0 Å². The number of nitrogens with two attached hydrogens (primary N) is 1. The normalized spacial score (nSPS) is 33.4. The van der Waals surface area contributed by atoms with Crippen LogP contribution >= 0.6 is 0 Å². The van der Waals surface area contributed by atoms with Crippen molar-refractivity contribution in [2.45, 2.75) is 44.2 Å². The molecule has 0 bridgehead atoms. The summed E-state index contributed by atoms with van der Waals surface area (Å²) in [4.78, 5) is 2.49. The molecule has 2 heterocycles. The second-order valence-corrected chi connectivity index (χ2v) is 4.72. The summed E-state index contributed by atoms with van der Waals surface area (Å²) in [6.07, 6.45) is 4.47. The first-order valence-corrected chi connectivity index (χ1v) is 5.86. The largest absolute Gasteiger partial charge is 0.375 e. The highest BCUT2D eigenvalue weighted by atomic mass is 16.5. The van der Waals surface area contributed by atoms with Crippen molar-refractivity contribution in [3.63, 3.8) is 0 Å². The molecule has 1 spiro atoms. The maximum atomic E-state index is 6.01. The first-order chi connectivity index (χ1) is 6.74. The molecule has 0 aliphatic carbocycles. The van der Waals surface area contributed by atoms with Gasteiger partial charge in [0.2, 0.25) is 0 Å². The predicted octanol–water partition coefficient (Wildman–Crippen LogP) is 0.979. The molecule has 0 amide bonds. The Morgan fingerprint density at radius 3 is 2.71 bits per heavy atom. The lowest BCUT2D eigenvalue weighted by Gasteiger charge is -2.45. The molecule has 2 saturated heterocycles. The van der Waals surface area contributed by atoms with E-state index in [2.05, 4.69) is 11.8 Å². The van der Waals surface area contributed by atoms with Gasteiger partial charge in [-0.05, 0) is 32.2 Å². The van der Waals surface area contributed by atoms with E-state index >= 15 is 0 Å². The summed E-state index contributed by atoms with van der Waals surface area (Å²) in [5.41, 5.74) is 6.16. The maximum absolute atomic E-state index is 6.01. The van der Waals surface area contributed by atoms with Crippen molar-refractivity contribution in [3.05, 3.63) is 0 Å². The molecule has 0 unspecified atom stereocenters. The molecule has 0 aromatic carbocycles. The second-order valence-electron chi connectivity index (χ2n) is 4.72. The molecule has 2 fully saturated rings. The van der Waals surface area contributed by atoms with Crippen LogP contribution in [0.25, 0.3) is 0 Å². The Bertz CT molecular complexity index is 188. The molecule has 82 valence electrons. The summed E-state index contributed by atoms with van der Waals surface area (Å²) in [6.45, 7) is 6.63. The van der Waals surface area contributed by atoms with Crippen molar-refractivity contribution in [1.82, 2.24) is 4.90 Å². The van der Waals surface area contributed by atoms with Gasteiger partial charge in [-0.2, -0.15) is 0 Å². The Morgan fingerprint density at radius 2 is 2.14 bits per heavy atom. The molecule has 3 nitrogen and oxygen atoms in total. The average Bonchev–Trinajstić information content (AvgIpc) is 2.19. The van der Waals surface area contributed by atoms with Crippen LogP contribution in [0.1, 0.15) is 32.6 Å². The summed E-state index contributed by atoms with van der Waals surface area (Å²) in [6, 6.07) is 0.372. The average molecular weight is 198 g/mol. The molecule has 2 aliphatic heterocycles. The fourth-order valence-electron chi connectivity index (χ4n) is 2.69. The topological polar surface area (TPSA) is 38.5 Å². The van der Waals surface area contributed by atoms with Gasteiger partial charge in [0, 0.05) is 25.7 Å². The zero-order chi connectivity index (χ0) is 10.0. The van der Waals surface area contributed by atoms with E-state index in [1.165, 1.54) is 32.5 Å². The smallest absolute Gasteiger partial charge is 0.0721 e. The maximum Gasteiger partial charge on any atom is 0.0721 e. The van der Waals surface area contributed by atoms with Gasteiger partial charge < -0.3 is 15.4 Å². The number of rotatable bonds is 1. The van der Waals surface area contributed by atoms with E-state index in [4.69, 9.17) is 10.5 Å². The van der Waals surface area contributed by atoms with Gasteiger partial charge in [0.25, 0.3) is 0 Å². The van der Waals surface area contributed by atoms with Gasteiger partial charge in [0.1, 0.15) is 0 Å². The Balaban J connectivity index is 1.91. The molecular weight excluding hydrogens is 176 g/mol. The Kier molecular flexibility index (Phi) is 3.10. The van der Waals surface area contributed by atoms with E-state index in [1.807, 2.05) is 0 Å². The third-order valence-corrected chi connectivity index (χ3v) is 3.75. The molecule has 2 rings (SSSR count). The van der Waals surface area contributed by atoms with Crippen molar-refractivity contribution < 1.29 is 4.74 Å². The van der Waals surface area contributed by atoms with Crippen LogP contribution in [0.15, 0.2) is 0 Å². The predicted molar refractivity (Wildman–Crippen MR) is 57.2 cm³/mol. The fraction of sp³-hybridized carbons (Fsp3) is 1.00. The van der Waals surface area contributed by atoms with Crippen molar-refractivity contribution >= 4 is 0 Å². The molecular formula is C11H22N2O. The van der Waals surface area contributed by atoms with Crippen LogP contribution in [0.2, 0.25) is 0 Å². The lowest BCUT2D eigenvalue weighted by Crippen LogP contribution is -2.51. The lowest BCUT2D eigenvalue weighted by atomic mass is 9.82. The number of hydrogen-bond donors (Lipinski definition) is 1. The Labute approximate surface area is 86.6 Å². The van der Waals surface area contributed by atoms with Crippen LogP contribution in [0, 0.1) is 0 Å². The third kappa shape index (κ3) is 2.10. The van der Waals surface area contributed by atoms with Gasteiger partial charge in [0.15, 0.2) is 0 Å². The highest BCUT2D eigenvalue weighted by Gasteiger charge is 2.38. The molecule has 2 aliphatic rings. The Morgan fingerprint density at radius 1 is 1.43 bits per heavy atom. The van der Waals surface area contributed by atoms with Crippen LogP contribution < -0.4 is 5.73 Å². The van der Waals surface area contributed by atoms with E-state index in [0.29, 0.717) is 6.04 Å². The minimum atomic E-state index is 0.142. The van der Waals surface area contributed by atoms with Gasteiger partial charge in [-0.3, -0.25) is 0 Å². The van der Waals surface area contributed by atoms with Crippen molar-refractivity contribution in [2.24, 2.45) is 5.73 Å². The van der Waals surface area contributed by atoms with E-state index in [0.717, 1.165) is 19.4 Å². The summed E-state index contributed by atoms with van der Waals surface area (Å²) in [7, 11) is 0. The SMILES string of the molecule is CCN1CCC2(CC1)C[C@@H](N)CCO2. The lowest BCUT2D eigenvalue weighted by molar-refractivity contribution is -0.115. The van der Waals surface area contributed by atoms with Crippen LogP contribution in [0.5, 0.6) is 0 Å². The Hall–Kier alpha value is -0.120. The minimum Gasteiger partial charge on any atom is -0.375 e. The number of piperidine rings is 1. The van der Waals surface area contributed by atoms with E-state index in [1.54, 1.807) is 0 Å². The molecule has 1 atom stereocenters. The monoisotopic (exact) mass is 198 g/mol. The van der Waals surface area contributed by atoms with Crippen molar-refractivity contribution in [3.8, 4) is 0 Å². The van der Waals surface area contributed by atoms with Crippen molar-refractivity contribution in [2.75, 3.05) is 26.2 Å². The summed E-state index contributed by atoms with van der Waals surface area (Å²) >= 11 is 0. The summed E-state index contributed by atoms with van der Waals surface area (Å²) in [5.74, 6) is 0. The van der Waals surface area contributed by atoms with Gasteiger partial charge in [-0.25, -0.2) is 0 Å². The number of likely N-dealkylation sites (tertiary alicyclic amines) is 1. The molecule has 0 radical (unpaired) electrons. The number of nitrogens with zero attached hydrogens (tertiary/aromatic N) is 1. The third-order valence-electron chi connectivity index (χ3n) is 3.75. The molecule has 0 aromatic rings. The van der Waals surface area contributed by atoms with Gasteiger partial charge >= 0.3 is 0 Å². The molecule has 0 saturated carbocycles. The van der Waals surface area contributed by atoms with Gasteiger partial charge in [-0.15, -0.1) is 0 Å².